The number of carbonyl (C=O) groups is 1. The van der Waals surface area contributed by atoms with Crippen molar-refractivity contribution in [3.63, 3.8) is 0 Å². The van der Waals surface area contributed by atoms with Gasteiger partial charge >= 0.3 is 0 Å². The highest BCUT2D eigenvalue weighted by Crippen LogP contribution is 2.63. The average molecular weight is 350 g/mol. The first-order valence-electron chi connectivity index (χ1n) is 7.61. The van der Waals surface area contributed by atoms with Crippen LogP contribution < -0.4 is 5.30 Å². The lowest BCUT2D eigenvalue weighted by molar-refractivity contribution is -0.120. The Kier molecular flexibility index (Phi) is 5.70. The van der Waals surface area contributed by atoms with Gasteiger partial charge < -0.3 is 9.63 Å². The molecule has 0 aliphatic rings. The number of ketones is 1. The fraction of sp³-hybridized carbons (Fsp3) is 0.278. The first kappa shape index (κ1) is 18.5. The predicted molar refractivity (Wildman–Crippen MR) is 90.9 cm³/mol. The summed E-state index contributed by atoms with van der Waals surface area (Å²) in [7, 11) is -3.92. The van der Waals surface area contributed by atoms with Gasteiger partial charge in [0.2, 0.25) is 0 Å². The molecule has 1 N–H and O–H groups in total. The van der Waals surface area contributed by atoms with Gasteiger partial charge in [-0.1, -0.05) is 30.3 Å². The molecular formula is C18H20FO4P. The monoisotopic (exact) mass is 350 g/mol. The Morgan fingerprint density at radius 3 is 2.42 bits per heavy atom. The summed E-state index contributed by atoms with van der Waals surface area (Å²) < 4.78 is 32.9. The van der Waals surface area contributed by atoms with Crippen molar-refractivity contribution in [2.45, 2.75) is 25.6 Å². The van der Waals surface area contributed by atoms with Gasteiger partial charge in [-0.3, -0.25) is 9.36 Å². The summed E-state index contributed by atoms with van der Waals surface area (Å²) in [5.74, 6) is -0.969. The van der Waals surface area contributed by atoms with Crippen LogP contribution in [0.4, 0.5) is 4.39 Å². The number of halogens is 1. The maximum Gasteiger partial charge on any atom is 0.267 e. The number of aliphatic hydroxyl groups is 1. The molecule has 0 aliphatic heterocycles. The molecule has 4 nitrogen and oxygen atoms in total. The molecule has 2 atom stereocenters. The van der Waals surface area contributed by atoms with Gasteiger partial charge in [0.05, 0.1) is 6.61 Å². The van der Waals surface area contributed by atoms with Crippen molar-refractivity contribution in [2.24, 2.45) is 0 Å². The van der Waals surface area contributed by atoms with E-state index in [0.29, 0.717) is 0 Å². The van der Waals surface area contributed by atoms with Gasteiger partial charge in [0.15, 0.2) is 5.34 Å². The minimum Gasteiger partial charge on any atom is -0.374 e. The van der Waals surface area contributed by atoms with Crippen LogP contribution >= 0.6 is 7.37 Å². The fourth-order valence-corrected chi connectivity index (χ4v) is 5.29. The third-order valence-corrected chi connectivity index (χ3v) is 6.67. The van der Waals surface area contributed by atoms with Crippen LogP contribution in [0.3, 0.4) is 0 Å². The van der Waals surface area contributed by atoms with Crippen molar-refractivity contribution < 1.29 is 23.4 Å². The van der Waals surface area contributed by atoms with Gasteiger partial charge in [0, 0.05) is 11.7 Å². The molecule has 6 heteroatoms. The van der Waals surface area contributed by atoms with Crippen molar-refractivity contribution in [3.05, 3.63) is 66.0 Å². The van der Waals surface area contributed by atoms with Crippen LogP contribution in [0, 0.1) is 5.82 Å². The summed E-state index contributed by atoms with van der Waals surface area (Å²) in [4.78, 5) is 11.8. The van der Waals surface area contributed by atoms with E-state index in [0.717, 1.165) is 6.07 Å². The summed E-state index contributed by atoms with van der Waals surface area (Å²) in [6.07, 6.45) is -0.442. The highest BCUT2D eigenvalue weighted by molar-refractivity contribution is 7.67. The zero-order valence-electron chi connectivity index (χ0n) is 13.6. The van der Waals surface area contributed by atoms with E-state index >= 15 is 0 Å². The molecule has 0 heterocycles. The van der Waals surface area contributed by atoms with Crippen LogP contribution in [0.2, 0.25) is 0 Å². The van der Waals surface area contributed by atoms with Crippen molar-refractivity contribution >= 4 is 18.5 Å². The summed E-state index contributed by atoms with van der Waals surface area (Å²) in [6, 6.07) is 13.4. The second-order valence-electron chi connectivity index (χ2n) is 5.51. The Morgan fingerprint density at radius 2 is 1.88 bits per heavy atom. The molecule has 0 saturated carbocycles. The molecule has 0 unspecified atom stereocenters. The van der Waals surface area contributed by atoms with Gasteiger partial charge in [-0.05, 0) is 43.7 Å². The van der Waals surface area contributed by atoms with Gasteiger partial charge in [-0.2, -0.15) is 0 Å². The molecule has 0 saturated heterocycles. The van der Waals surface area contributed by atoms with E-state index in [1.165, 1.54) is 25.1 Å². The summed E-state index contributed by atoms with van der Waals surface area (Å²) in [5, 5.41) is 9.44. The maximum absolute atomic E-state index is 13.7. The van der Waals surface area contributed by atoms with Gasteiger partial charge in [-0.25, -0.2) is 4.39 Å². The van der Waals surface area contributed by atoms with E-state index in [-0.39, 0.29) is 23.3 Å². The lowest BCUT2D eigenvalue weighted by Gasteiger charge is -2.35. The number of rotatable bonds is 7. The van der Waals surface area contributed by atoms with Crippen molar-refractivity contribution in [2.75, 3.05) is 6.61 Å². The Labute approximate surface area is 140 Å². The third kappa shape index (κ3) is 3.48. The lowest BCUT2D eigenvalue weighted by Crippen LogP contribution is -2.34. The van der Waals surface area contributed by atoms with Crippen LogP contribution in [0.25, 0.3) is 0 Å². The Balaban J connectivity index is 2.71. The van der Waals surface area contributed by atoms with Crippen molar-refractivity contribution in [3.8, 4) is 0 Å². The highest BCUT2D eigenvalue weighted by atomic mass is 31.2. The number of carbonyl (C=O) groups excluding carboxylic acids is 1. The summed E-state index contributed by atoms with van der Waals surface area (Å²) in [5.41, 5.74) is 0.0540. The zero-order valence-corrected chi connectivity index (χ0v) is 14.5. The van der Waals surface area contributed by atoms with Crippen LogP contribution in [-0.2, 0) is 19.2 Å². The minimum atomic E-state index is -3.92. The first-order valence-corrected chi connectivity index (χ1v) is 9.24. The van der Waals surface area contributed by atoms with E-state index < -0.39 is 24.9 Å². The summed E-state index contributed by atoms with van der Waals surface area (Å²) in [6.45, 7) is 3.00. The topological polar surface area (TPSA) is 63.6 Å². The van der Waals surface area contributed by atoms with E-state index in [1.54, 1.807) is 37.3 Å². The van der Waals surface area contributed by atoms with Gasteiger partial charge in [0.25, 0.3) is 7.37 Å². The second kappa shape index (κ2) is 7.39. The minimum absolute atomic E-state index is 0.0540. The Bertz CT molecular complexity index is 763. The van der Waals surface area contributed by atoms with E-state index in [2.05, 4.69) is 0 Å². The molecule has 0 radical (unpaired) electrons. The van der Waals surface area contributed by atoms with Crippen LogP contribution in [0.15, 0.2) is 54.6 Å². The van der Waals surface area contributed by atoms with E-state index in [9.17, 15) is 18.9 Å². The standard InChI is InChI=1S/C18H20FO4P/c1-3-23-24(22,17-10-5-4-6-11-17)18(21,13-14(2)20)15-8-7-9-16(19)12-15/h4-12,21H,3,13H2,1-2H3/t18-,24-/m1/s1. The molecule has 24 heavy (non-hydrogen) atoms. The average Bonchev–Trinajstić information content (AvgIpc) is 2.55. The molecule has 2 aromatic rings. The number of hydrogen-bond donors (Lipinski definition) is 1. The molecule has 0 aromatic heterocycles. The van der Waals surface area contributed by atoms with Crippen LogP contribution in [0.1, 0.15) is 25.8 Å². The molecule has 0 aliphatic carbocycles. The van der Waals surface area contributed by atoms with Crippen LogP contribution in [-0.4, -0.2) is 17.5 Å². The lowest BCUT2D eigenvalue weighted by atomic mass is 10.0. The summed E-state index contributed by atoms with van der Waals surface area (Å²) >= 11 is 0. The number of benzene rings is 2. The molecule has 2 rings (SSSR count). The molecule has 128 valence electrons. The number of hydrogen-bond acceptors (Lipinski definition) is 4. The first-order chi connectivity index (χ1) is 11.3. The van der Waals surface area contributed by atoms with Crippen LogP contribution in [0.5, 0.6) is 0 Å². The maximum atomic E-state index is 13.7. The molecule has 0 fully saturated rings. The largest absolute Gasteiger partial charge is 0.374 e. The number of Topliss-reactive ketones (excluding diaryl/α,β-unsaturated/α-hetero) is 1. The SMILES string of the molecule is CCO[P@](=O)(c1ccccc1)[C@](O)(CC(C)=O)c1cccc(F)c1. The molecule has 0 bridgehead atoms. The van der Waals surface area contributed by atoms with E-state index in [1.807, 2.05) is 0 Å². The Hall–Kier alpha value is -1.81. The molecule has 0 spiro atoms. The molecule has 0 amide bonds. The predicted octanol–water partition coefficient (Wildman–Crippen LogP) is 3.59. The normalized spacial score (nSPS) is 16.2. The third-order valence-electron chi connectivity index (χ3n) is 3.68. The zero-order chi connectivity index (χ0) is 17.8. The smallest absolute Gasteiger partial charge is 0.267 e. The fourth-order valence-electron chi connectivity index (χ4n) is 2.66. The second-order valence-corrected chi connectivity index (χ2v) is 8.13. The van der Waals surface area contributed by atoms with Crippen molar-refractivity contribution in [1.29, 1.82) is 0 Å². The van der Waals surface area contributed by atoms with Gasteiger partial charge in [0.1, 0.15) is 11.6 Å². The van der Waals surface area contributed by atoms with Gasteiger partial charge in [-0.15, -0.1) is 0 Å². The quantitative estimate of drug-likeness (QED) is 0.775. The molecule has 2 aromatic carbocycles. The highest BCUT2D eigenvalue weighted by Gasteiger charge is 2.51. The van der Waals surface area contributed by atoms with E-state index in [4.69, 9.17) is 4.52 Å². The molecular weight excluding hydrogens is 330 g/mol. The van der Waals surface area contributed by atoms with Crippen molar-refractivity contribution in [1.82, 2.24) is 0 Å². The Morgan fingerprint density at radius 1 is 1.21 bits per heavy atom.